The van der Waals surface area contributed by atoms with Crippen LogP contribution < -0.4 is 9.47 Å². The molecule has 0 saturated carbocycles. The summed E-state index contributed by atoms with van der Waals surface area (Å²) in [4.78, 5) is 14.1. The fourth-order valence-corrected chi connectivity index (χ4v) is 9.96. The summed E-state index contributed by atoms with van der Waals surface area (Å²) in [5.74, 6) is 3.67. The molecular weight excluding hydrogens is 673 g/mol. The summed E-state index contributed by atoms with van der Waals surface area (Å²) in [7, 11) is 0. The van der Waals surface area contributed by atoms with Crippen LogP contribution in [0.2, 0.25) is 0 Å². The van der Waals surface area contributed by atoms with Crippen molar-refractivity contribution in [3.63, 3.8) is 0 Å². The maximum atomic E-state index is 11.7. The van der Waals surface area contributed by atoms with E-state index >= 15 is 0 Å². The Hall–Kier alpha value is -4.60. The quantitative estimate of drug-likeness (QED) is 0.126. The first-order valence-corrected chi connectivity index (χ1v) is 19.7. The van der Waals surface area contributed by atoms with Gasteiger partial charge in [0.1, 0.15) is 24.7 Å². The van der Waals surface area contributed by atoms with Crippen LogP contribution in [0, 0.1) is 23.7 Å². The van der Waals surface area contributed by atoms with Gasteiger partial charge in [0.2, 0.25) is 0 Å². The van der Waals surface area contributed by atoms with E-state index in [1.807, 2.05) is 54.6 Å². The molecule has 8 nitrogen and oxygen atoms in total. The average Bonchev–Trinajstić information content (AvgIpc) is 3.24. The second kappa shape index (κ2) is 14.9. The summed E-state index contributed by atoms with van der Waals surface area (Å²) in [5.41, 5.74) is 5.59. The van der Waals surface area contributed by atoms with Crippen molar-refractivity contribution in [3.8, 4) is 11.5 Å². The van der Waals surface area contributed by atoms with Crippen LogP contribution in [0.1, 0.15) is 60.1 Å². The number of rotatable bonds is 12. The van der Waals surface area contributed by atoms with Gasteiger partial charge in [0.05, 0.1) is 23.2 Å². The Morgan fingerprint density at radius 3 is 1.57 bits per heavy atom. The molecular formula is C46H50N4O4. The zero-order valence-electron chi connectivity index (χ0n) is 30.8. The number of fused-ring (bicyclic) bond motifs is 8. The van der Waals surface area contributed by atoms with Crippen molar-refractivity contribution >= 4 is 21.8 Å². The van der Waals surface area contributed by atoms with E-state index in [-0.39, 0.29) is 12.1 Å². The number of hydrogen-bond donors (Lipinski definition) is 2. The fourth-order valence-electron chi connectivity index (χ4n) is 9.96. The Labute approximate surface area is 317 Å². The summed E-state index contributed by atoms with van der Waals surface area (Å²) in [5, 5.41) is 25.3. The van der Waals surface area contributed by atoms with Gasteiger partial charge in [0, 0.05) is 48.3 Å². The highest BCUT2D eigenvalue weighted by Gasteiger charge is 2.43. The Morgan fingerprint density at radius 2 is 1.15 bits per heavy atom. The van der Waals surface area contributed by atoms with Crippen LogP contribution in [-0.4, -0.2) is 68.2 Å². The lowest BCUT2D eigenvalue weighted by Gasteiger charge is -2.50. The molecule has 0 amide bonds. The topological polar surface area (TPSA) is 91.2 Å². The van der Waals surface area contributed by atoms with Gasteiger partial charge in [-0.05, 0) is 139 Å². The van der Waals surface area contributed by atoms with E-state index in [0.717, 1.165) is 94.6 Å². The van der Waals surface area contributed by atoms with Crippen LogP contribution in [0.4, 0.5) is 0 Å². The SMILES string of the molecule is C=CC1CN2CC[C@H]1CC2[C@@H](O)c1ccnc2ccc(OCc3cccc(COc4ccc5nccc([C@@H](O)C6CC7CCN6C[C@H]7C=C)c5c4)c3)cc12. The van der Waals surface area contributed by atoms with Gasteiger partial charge >= 0.3 is 0 Å². The summed E-state index contributed by atoms with van der Waals surface area (Å²) >= 11 is 0. The van der Waals surface area contributed by atoms with E-state index < -0.39 is 12.2 Å². The smallest absolute Gasteiger partial charge is 0.120 e. The molecule has 6 aliphatic heterocycles. The average molecular weight is 723 g/mol. The standard InChI is InChI=1S/C46H50N4O4/c1-3-31-25-49-18-14-33(31)21-43(49)45(51)37-12-16-47-41-10-8-35(23-39(37)41)53-27-29-6-5-7-30(20-29)28-54-36-9-11-42-40(24-36)38(13-17-48-42)46(52)44-22-34-15-19-50(44)26-32(34)4-2/h3-13,16-17,20,23-24,31-34,43-46,51-52H,1-2,14-15,18-19,21-22,25-28H2/t31-,32?,33?,34+,43?,44?,45-,46+/m1/s1. The van der Waals surface area contributed by atoms with E-state index in [0.29, 0.717) is 36.9 Å². The Bertz CT molecular complexity index is 2020. The van der Waals surface area contributed by atoms with Gasteiger partial charge in [-0.3, -0.25) is 19.8 Å². The number of piperidine rings is 6. The van der Waals surface area contributed by atoms with Gasteiger partial charge in [0.25, 0.3) is 0 Å². The second-order valence-electron chi connectivity index (χ2n) is 15.9. The van der Waals surface area contributed by atoms with Gasteiger partial charge in [-0.1, -0.05) is 30.4 Å². The highest BCUT2D eigenvalue weighted by atomic mass is 16.5. The molecule has 278 valence electrons. The minimum absolute atomic E-state index is 0.0979. The zero-order valence-corrected chi connectivity index (χ0v) is 30.8. The number of hydrogen-bond acceptors (Lipinski definition) is 8. The summed E-state index contributed by atoms with van der Waals surface area (Å²) in [6, 6.07) is 24.3. The lowest BCUT2D eigenvalue weighted by molar-refractivity contribution is -0.0445. The van der Waals surface area contributed by atoms with Crippen LogP contribution >= 0.6 is 0 Å². The molecule has 6 saturated heterocycles. The van der Waals surface area contributed by atoms with Crippen molar-refractivity contribution in [2.45, 2.75) is 63.2 Å². The number of nitrogens with zero attached hydrogens (tertiary/aromatic N) is 4. The lowest BCUT2D eigenvalue weighted by atomic mass is 9.73. The van der Waals surface area contributed by atoms with Crippen molar-refractivity contribution < 1.29 is 19.7 Å². The molecule has 0 spiro atoms. The van der Waals surface area contributed by atoms with E-state index in [1.165, 1.54) is 12.8 Å². The third-order valence-electron chi connectivity index (χ3n) is 13.0. The van der Waals surface area contributed by atoms with Crippen molar-refractivity contribution in [2.75, 3.05) is 26.2 Å². The number of ether oxygens (including phenoxy) is 2. The van der Waals surface area contributed by atoms with Crippen LogP contribution in [-0.2, 0) is 13.2 Å². The van der Waals surface area contributed by atoms with Crippen molar-refractivity contribution in [3.05, 3.63) is 133 Å². The molecule has 2 aromatic heterocycles. The number of aromatic nitrogens is 2. The highest BCUT2D eigenvalue weighted by molar-refractivity contribution is 5.84. The fraction of sp³-hybridized carbons (Fsp3) is 0.391. The van der Waals surface area contributed by atoms with Gasteiger partial charge in [0.15, 0.2) is 0 Å². The van der Waals surface area contributed by atoms with Crippen LogP contribution in [0.5, 0.6) is 11.5 Å². The first-order valence-electron chi connectivity index (χ1n) is 19.7. The third-order valence-corrected chi connectivity index (χ3v) is 13.0. The minimum Gasteiger partial charge on any atom is -0.489 e. The predicted octanol–water partition coefficient (Wildman–Crippen LogP) is 7.80. The molecule has 11 rings (SSSR count). The number of aliphatic hydroxyl groups excluding tert-OH is 2. The Balaban J connectivity index is 0.862. The monoisotopic (exact) mass is 722 g/mol. The third kappa shape index (κ3) is 6.70. The van der Waals surface area contributed by atoms with Crippen LogP contribution in [0.25, 0.3) is 21.8 Å². The van der Waals surface area contributed by atoms with Crippen LogP contribution in [0.15, 0.2) is 111 Å². The second-order valence-corrected chi connectivity index (χ2v) is 15.9. The number of aliphatic hydroxyl groups is 2. The summed E-state index contributed by atoms with van der Waals surface area (Å²) in [6.45, 7) is 12.9. The van der Waals surface area contributed by atoms with Gasteiger partial charge < -0.3 is 19.7 Å². The molecule has 5 aromatic rings. The molecule has 10 atom stereocenters. The summed E-state index contributed by atoms with van der Waals surface area (Å²) < 4.78 is 12.7. The molecule has 6 unspecified atom stereocenters. The Morgan fingerprint density at radius 1 is 0.667 bits per heavy atom. The summed E-state index contributed by atoms with van der Waals surface area (Å²) in [6.07, 6.45) is 10.9. The molecule has 2 N–H and O–H groups in total. The maximum Gasteiger partial charge on any atom is 0.120 e. The first kappa shape index (κ1) is 35.1. The van der Waals surface area contributed by atoms with Gasteiger partial charge in [-0.15, -0.1) is 13.2 Å². The molecule has 6 fully saturated rings. The van der Waals surface area contributed by atoms with E-state index in [4.69, 9.17) is 9.47 Å². The van der Waals surface area contributed by atoms with Crippen LogP contribution in [0.3, 0.4) is 0 Å². The van der Waals surface area contributed by atoms with E-state index in [9.17, 15) is 10.2 Å². The molecule has 6 aliphatic rings. The molecule has 8 heterocycles. The number of pyridine rings is 2. The van der Waals surface area contributed by atoms with Gasteiger partial charge in [-0.25, -0.2) is 0 Å². The van der Waals surface area contributed by atoms with Crippen molar-refractivity contribution in [2.24, 2.45) is 23.7 Å². The largest absolute Gasteiger partial charge is 0.489 e. The molecule has 8 heteroatoms. The molecule has 3 aromatic carbocycles. The highest BCUT2D eigenvalue weighted by Crippen LogP contribution is 2.44. The van der Waals surface area contributed by atoms with E-state index in [2.05, 4.69) is 63.3 Å². The molecule has 0 aliphatic carbocycles. The van der Waals surface area contributed by atoms with Crippen molar-refractivity contribution in [1.29, 1.82) is 0 Å². The molecule has 54 heavy (non-hydrogen) atoms. The molecule has 0 radical (unpaired) electrons. The lowest BCUT2D eigenvalue weighted by Crippen LogP contribution is -2.54. The zero-order chi connectivity index (χ0) is 36.8. The normalized spacial score (nSPS) is 28.5. The number of benzene rings is 3. The predicted molar refractivity (Wildman–Crippen MR) is 212 cm³/mol. The van der Waals surface area contributed by atoms with Crippen molar-refractivity contribution in [1.82, 2.24) is 19.8 Å². The van der Waals surface area contributed by atoms with Gasteiger partial charge in [-0.2, -0.15) is 0 Å². The minimum atomic E-state index is -0.595. The molecule has 4 bridgehead atoms. The first-order chi connectivity index (χ1) is 26.4. The Kier molecular flexibility index (Phi) is 9.70. The van der Waals surface area contributed by atoms with E-state index in [1.54, 1.807) is 12.4 Å². The maximum absolute atomic E-state index is 11.7.